The number of benzene rings is 1. The second-order valence-electron chi connectivity index (χ2n) is 9.93. The molecule has 0 amide bonds. The molecule has 3 unspecified atom stereocenters. The Morgan fingerprint density at radius 1 is 1.22 bits per heavy atom. The molecule has 4 bridgehead atoms. The monoisotopic (exact) mass is 544 g/mol. The van der Waals surface area contributed by atoms with Crippen molar-refractivity contribution in [1.82, 2.24) is 9.97 Å². The predicted molar refractivity (Wildman–Crippen MR) is 132 cm³/mol. The number of aromatic nitrogens is 2. The lowest BCUT2D eigenvalue weighted by Gasteiger charge is -2.59. The third kappa shape index (κ3) is 4.25. The summed E-state index contributed by atoms with van der Waals surface area (Å²) in [5, 5.41) is 26.0. The van der Waals surface area contributed by atoms with Crippen LogP contribution in [0.4, 0.5) is 11.8 Å². The number of phenols is 1. The van der Waals surface area contributed by atoms with Crippen LogP contribution in [0.2, 0.25) is 0 Å². The third-order valence-electron chi connectivity index (χ3n) is 7.72. The van der Waals surface area contributed by atoms with Crippen LogP contribution in [0.5, 0.6) is 5.75 Å². The Kier molecular flexibility index (Phi) is 5.88. The highest BCUT2D eigenvalue weighted by Gasteiger charge is 2.54. The maximum atomic E-state index is 9.67. The third-order valence-corrected chi connectivity index (χ3v) is 8.59. The van der Waals surface area contributed by atoms with Crippen LogP contribution >= 0.6 is 22.6 Å². The molecule has 2 aromatic rings. The maximum Gasteiger partial charge on any atom is 0.224 e. The summed E-state index contributed by atoms with van der Waals surface area (Å²) in [5.74, 6) is 3.56. The molecule has 4 aliphatic rings. The number of aromatic hydroxyl groups is 1. The van der Waals surface area contributed by atoms with Gasteiger partial charge in [-0.2, -0.15) is 10.2 Å². The molecule has 1 heterocycles. The molecule has 7 nitrogen and oxygen atoms in total. The number of hydrogen-bond acceptors (Lipinski definition) is 7. The molecule has 0 radical (unpaired) electrons. The van der Waals surface area contributed by atoms with Crippen molar-refractivity contribution in [3.05, 3.63) is 39.1 Å². The first kappa shape index (κ1) is 21.7. The van der Waals surface area contributed by atoms with Crippen molar-refractivity contribution in [2.24, 2.45) is 28.9 Å². The molecule has 4 aliphatic carbocycles. The minimum Gasteiger partial charge on any atom is -0.507 e. The minimum atomic E-state index is 0.285. The smallest absolute Gasteiger partial charge is 0.224 e. The van der Waals surface area contributed by atoms with E-state index in [1.165, 1.54) is 32.1 Å². The molecule has 6 rings (SSSR count). The molecule has 5 atom stereocenters. The second kappa shape index (κ2) is 8.67. The van der Waals surface area contributed by atoms with E-state index in [-0.39, 0.29) is 5.41 Å². The van der Waals surface area contributed by atoms with Crippen molar-refractivity contribution in [1.29, 1.82) is 5.26 Å². The quantitative estimate of drug-likeness (QED) is 0.391. The average molecular weight is 544 g/mol. The summed E-state index contributed by atoms with van der Waals surface area (Å²) < 4.78 is 0.840. The number of halogens is 1. The fourth-order valence-electron chi connectivity index (χ4n) is 6.43. The van der Waals surface area contributed by atoms with Crippen LogP contribution in [-0.4, -0.2) is 34.2 Å². The number of anilines is 2. The largest absolute Gasteiger partial charge is 0.507 e. The van der Waals surface area contributed by atoms with Crippen LogP contribution in [0.3, 0.4) is 0 Å². The van der Waals surface area contributed by atoms with Crippen molar-refractivity contribution >= 4 is 34.4 Å². The lowest BCUT2D eigenvalue weighted by molar-refractivity contribution is -0.0591. The second-order valence-corrected chi connectivity index (χ2v) is 11.1. The number of nitrogens with two attached hydrogens (primary N) is 1. The highest BCUT2D eigenvalue weighted by atomic mass is 127. The molecule has 0 aliphatic heterocycles. The molecule has 32 heavy (non-hydrogen) atoms. The molecule has 4 saturated carbocycles. The molecule has 1 aromatic heterocycles. The van der Waals surface area contributed by atoms with E-state index < -0.39 is 0 Å². The number of nitrogens with one attached hydrogen (secondary N) is 2. The van der Waals surface area contributed by atoms with Gasteiger partial charge in [0, 0.05) is 19.1 Å². The Bertz CT molecular complexity index is 1040. The summed E-state index contributed by atoms with van der Waals surface area (Å²) in [5.41, 5.74) is 8.39. The molecular weight excluding hydrogens is 515 g/mol. The zero-order valence-electron chi connectivity index (χ0n) is 18.0. The molecular formula is C24H29IN6O. The number of nitrogens with zero attached hydrogens (tertiary/aromatic N) is 3. The van der Waals surface area contributed by atoms with Gasteiger partial charge in [0.05, 0.1) is 9.77 Å². The van der Waals surface area contributed by atoms with Crippen LogP contribution in [0.25, 0.3) is 0 Å². The number of rotatable bonds is 7. The molecule has 168 valence electrons. The van der Waals surface area contributed by atoms with E-state index in [1.54, 1.807) is 12.3 Å². The fraction of sp³-hybridized carbons (Fsp3) is 0.542. The van der Waals surface area contributed by atoms with Gasteiger partial charge in [-0.15, -0.1) is 0 Å². The van der Waals surface area contributed by atoms with E-state index in [1.807, 2.05) is 12.1 Å². The van der Waals surface area contributed by atoms with Crippen molar-refractivity contribution in [2.75, 3.05) is 23.7 Å². The van der Waals surface area contributed by atoms with Gasteiger partial charge in [0.2, 0.25) is 5.95 Å². The van der Waals surface area contributed by atoms with Gasteiger partial charge in [-0.1, -0.05) is 6.07 Å². The molecule has 5 N–H and O–H groups in total. The number of nitriles is 1. The molecule has 4 fully saturated rings. The Labute approximate surface area is 202 Å². The maximum absolute atomic E-state index is 9.67. The van der Waals surface area contributed by atoms with Crippen molar-refractivity contribution < 1.29 is 5.11 Å². The van der Waals surface area contributed by atoms with E-state index in [0.717, 1.165) is 28.0 Å². The Morgan fingerprint density at radius 3 is 2.72 bits per heavy atom. The minimum absolute atomic E-state index is 0.285. The van der Waals surface area contributed by atoms with Crippen LogP contribution in [0.1, 0.15) is 43.2 Å². The van der Waals surface area contributed by atoms with Gasteiger partial charge in [-0.25, -0.2) is 4.98 Å². The highest BCUT2D eigenvalue weighted by Crippen LogP contribution is 2.59. The van der Waals surface area contributed by atoms with Crippen molar-refractivity contribution in [3.63, 3.8) is 0 Å². The lowest BCUT2D eigenvalue weighted by Crippen LogP contribution is -2.58. The van der Waals surface area contributed by atoms with Crippen LogP contribution in [0.15, 0.2) is 24.4 Å². The predicted octanol–water partition coefficient (Wildman–Crippen LogP) is 3.88. The standard InChI is InChI=1S/C24H29IN6O/c25-19-7-14(1-2-20(19)32)3-4-28-23-29-12-18(11-26)22(31-23)30-13-24-8-15-5-16(9-24)21(27)17(6-15)10-24/h1-2,7,12,15-17,21,32H,3-6,8-10,13,27H2,(H2,28,29,30,31)/t15?,16-,17+,21?,24?. The van der Waals surface area contributed by atoms with Gasteiger partial charge >= 0.3 is 0 Å². The number of hydrogen-bond donors (Lipinski definition) is 4. The SMILES string of the molecule is N#Cc1cnc(NCCc2ccc(O)c(I)c2)nc1NCC12CC3C[C@H](C1)C(N)[C@@H](C3)C2. The molecule has 0 spiro atoms. The normalized spacial score (nSPS) is 30.2. The fourth-order valence-corrected chi connectivity index (χ4v) is 7.01. The van der Waals surface area contributed by atoms with E-state index >= 15 is 0 Å². The van der Waals surface area contributed by atoms with Gasteiger partial charge < -0.3 is 21.5 Å². The summed E-state index contributed by atoms with van der Waals surface area (Å²) in [6.45, 7) is 1.51. The molecule has 0 saturated heterocycles. The van der Waals surface area contributed by atoms with Gasteiger partial charge in [0.1, 0.15) is 23.2 Å². The van der Waals surface area contributed by atoms with Gasteiger partial charge in [0.25, 0.3) is 0 Å². The van der Waals surface area contributed by atoms with Crippen LogP contribution < -0.4 is 16.4 Å². The van der Waals surface area contributed by atoms with E-state index in [2.05, 4.69) is 49.3 Å². The van der Waals surface area contributed by atoms with Gasteiger partial charge in [-0.3, -0.25) is 0 Å². The first-order valence-corrected chi connectivity index (χ1v) is 12.5. The summed E-state index contributed by atoms with van der Waals surface area (Å²) in [6.07, 6.45) is 8.63. The molecule has 8 heteroatoms. The van der Waals surface area contributed by atoms with Gasteiger partial charge in [-0.05, 0) is 102 Å². The van der Waals surface area contributed by atoms with E-state index in [9.17, 15) is 10.4 Å². The lowest BCUT2D eigenvalue weighted by atomic mass is 9.48. The Hall–Kier alpha value is -2.12. The highest BCUT2D eigenvalue weighted by molar-refractivity contribution is 14.1. The first-order valence-electron chi connectivity index (χ1n) is 11.4. The van der Waals surface area contributed by atoms with Crippen LogP contribution in [-0.2, 0) is 6.42 Å². The summed E-state index contributed by atoms with van der Waals surface area (Å²) in [7, 11) is 0. The summed E-state index contributed by atoms with van der Waals surface area (Å²) in [6, 6.07) is 8.21. The summed E-state index contributed by atoms with van der Waals surface area (Å²) >= 11 is 2.13. The van der Waals surface area contributed by atoms with Crippen molar-refractivity contribution in [3.8, 4) is 11.8 Å². The average Bonchev–Trinajstić information content (AvgIpc) is 2.78. The summed E-state index contributed by atoms with van der Waals surface area (Å²) in [4.78, 5) is 8.93. The zero-order chi connectivity index (χ0) is 22.3. The Balaban J connectivity index is 1.23. The first-order chi connectivity index (χ1) is 15.4. The number of phenolic OH excluding ortho intramolecular Hbond substituents is 1. The Morgan fingerprint density at radius 2 is 2.00 bits per heavy atom. The van der Waals surface area contributed by atoms with E-state index in [0.29, 0.717) is 47.5 Å². The zero-order valence-corrected chi connectivity index (χ0v) is 20.2. The van der Waals surface area contributed by atoms with Crippen LogP contribution in [0, 0.1) is 38.1 Å². The topological polar surface area (TPSA) is 120 Å². The molecule has 1 aromatic carbocycles. The van der Waals surface area contributed by atoms with Gasteiger partial charge in [0.15, 0.2) is 0 Å². The van der Waals surface area contributed by atoms with Crippen molar-refractivity contribution in [2.45, 2.75) is 44.6 Å². The van der Waals surface area contributed by atoms with E-state index in [4.69, 9.17) is 5.73 Å².